The van der Waals surface area contributed by atoms with Crippen molar-refractivity contribution < 1.29 is 14.3 Å². The molecule has 0 bridgehead atoms. The Labute approximate surface area is 220 Å². The molecule has 3 unspecified atom stereocenters. The van der Waals surface area contributed by atoms with Crippen molar-refractivity contribution in [2.45, 2.75) is 72.6 Å². The number of hydrogen-bond acceptors (Lipinski definition) is 7. The fraction of sp³-hybridized carbons (Fsp3) is 0.571. The number of hydrogen-bond donors (Lipinski definition) is 1. The van der Waals surface area contributed by atoms with Crippen molar-refractivity contribution in [2.24, 2.45) is 5.92 Å². The van der Waals surface area contributed by atoms with Crippen molar-refractivity contribution in [1.29, 1.82) is 0 Å². The predicted molar refractivity (Wildman–Crippen MR) is 146 cm³/mol. The molecule has 0 aliphatic carbocycles. The van der Waals surface area contributed by atoms with E-state index < -0.39 is 5.60 Å². The summed E-state index contributed by atoms with van der Waals surface area (Å²) in [5.41, 5.74) is 3.44. The third-order valence-electron chi connectivity index (χ3n) is 7.21. The predicted octanol–water partition coefficient (Wildman–Crippen LogP) is 4.78. The summed E-state index contributed by atoms with van der Waals surface area (Å²) in [5, 5.41) is 3.61. The Kier molecular flexibility index (Phi) is 7.62. The molecule has 1 aromatic heterocycles. The molecule has 37 heavy (non-hydrogen) atoms. The quantitative estimate of drug-likeness (QED) is 0.636. The van der Waals surface area contributed by atoms with Crippen molar-refractivity contribution in [3.8, 4) is 0 Å². The zero-order chi connectivity index (χ0) is 26.9. The highest BCUT2D eigenvalue weighted by Crippen LogP contribution is 2.44. The fourth-order valence-corrected chi connectivity index (χ4v) is 5.39. The number of ether oxygens (including phenoxy) is 1. The minimum atomic E-state index is -0.508. The molecule has 1 aromatic carbocycles. The summed E-state index contributed by atoms with van der Waals surface area (Å²) in [6.45, 7) is 16.2. The van der Waals surface area contributed by atoms with Gasteiger partial charge in [-0.25, -0.2) is 9.78 Å². The maximum Gasteiger partial charge on any atom is 0.410 e. The van der Waals surface area contributed by atoms with Gasteiger partial charge in [0, 0.05) is 62.0 Å². The molecule has 0 saturated carbocycles. The summed E-state index contributed by atoms with van der Waals surface area (Å²) in [7, 11) is 0. The number of aryl methyl sites for hydroxylation is 1. The van der Waals surface area contributed by atoms with Gasteiger partial charge in [0.05, 0.1) is 24.1 Å². The number of aromatic nitrogens is 2. The first-order valence-electron chi connectivity index (χ1n) is 13.2. The average molecular weight is 509 g/mol. The molecule has 1 saturated heterocycles. The van der Waals surface area contributed by atoms with E-state index in [4.69, 9.17) is 4.74 Å². The van der Waals surface area contributed by atoms with E-state index in [0.717, 1.165) is 34.9 Å². The molecule has 200 valence electrons. The Hall–Kier alpha value is -3.36. The lowest BCUT2D eigenvalue weighted by Gasteiger charge is -2.46. The Morgan fingerprint density at radius 1 is 1.11 bits per heavy atom. The van der Waals surface area contributed by atoms with Gasteiger partial charge in [-0.05, 0) is 52.3 Å². The number of nitrogens with zero attached hydrogens (tertiary/aromatic N) is 5. The minimum Gasteiger partial charge on any atom is -0.444 e. The van der Waals surface area contributed by atoms with Crippen LogP contribution < -0.4 is 15.1 Å². The number of benzene rings is 1. The Balaban J connectivity index is 1.62. The highest BCUT2D eigenvalue weighted by molar-refractivity contribution is 5.94. The van der Waals surface area contributed by atoms with Crippen LogP contribution in [0.1, 0.15) is 65.3 Å². The zero-order valence-electron chi connectivity index (χ0n) is 23.1. The van der Waals surface area contributed by atoms with Crippen LogP contribution in [-0.4, -0.2) is 64.7 Å². The van der Waals surface area contributed by atoms with Gasteiger partial charge < -0.3 is 24.8 Å². The van der Waals surface area contributed by atoms with Gasteiger partial charge in [0.15, 0.2) is 0 Å². The third kappa shape index (κ3) is 5.81. The summed E-state index contributed by atoms with van der Waals surface area (Å²) in [6, 6.07) is 6.38. The largest absolute Gasteiger partial charge is 0.444 e. The second-order valence-electron chi connectivity index (χ2n) is 11.1. The van der Waals surface area contributed by atoms with Gasteiger partial charge in [-0.3, -0.25) is 9.78 Å². The van der Waals surface area contributed by atoms with Crippen molar-refractivity contribution >= 4 is 29.2 Å². The van der Waals surface area contributed by atoms with Gasteiger partial charge in [0.2, 0.25) is 5.91 Å². The number of carbonyl (C=O) groups excluding carboxylic acids is 2. The van der Waals surface area contributed by atoms with Gasteiger partial charge in [0.25, 0.3) is 0 Å². The molecule has 2 aliphatic rings. The molecule has 0 radical (unpaired) electrons. The number of fused-ring (bicyclic) bond motifs is 1. The second-order valence-corrected chi connectivity index (χ2v) is 11.1. The van der Waals surface area contributed by atoms with Crippen LogP contribution in [0.3, 0.4) is 0 Å². The van der Waals surface area contributed by atoms with Gasteiger partial charge >= 0.3 is 6.09 Å². The number of piperazine rings is 1. The molecular formula is C28H40N6O3. The summed E-state index contributed by atoms with van der Waals surface area (Å²) in [5.74, 6) is 0.923. The summed E-state index contributed by atoms with van der Waals surface area (Å²) in [4.78, 5) is 40.2. The molecule has 3 atom stereocenters. The lowest BCUT2D eigenvalue weighted by Crippen LogP contribution is -2.51. The number of anilines is 3. The van der Waals surface area contributed by atoms with Crippen LogP contribution in [0.25, 0.3) is 0 Å². The average Bonchev–Trinajstić information content (AvgIpc) is 2.85. The Morgan fingerprint density at radius 3 is 2.38 bits per heavy atom. The number of rotatable bonds is 4. The molecular weight excluding hydrogens is 468 g/mol. The summed E-state index contributed by atoms with van der Waals surface area (Å²) in [6.07, 6.45) is 4.11. The van der Waals surface area contributed by atoms with Crippen LogP contribution in [0.15, 0.2) is 30.6 Å². The molecule has 2 aliphatic heterocycles. The van der Waals surface area contributed by atoms with Gasteiger partial charge in [-0.1, -0.05) is 13.8 Å². The van der Waals surface area contributed by atoms with Crippen LogP contribution in [-0.2, 0) is 9.53 Å². The molecule has 1 N–H and O–H groups in total. The molecule has 2 aromatic rings. The van der Waals surface area contributed by atoms with Gasteiger partial charge in [-0.2, -0.15) is 0 Å². The van der Waals surface area contributed by atoms with Crippen LogP contribution in [0.5, 0.6) is 0 Å². The minimum absolute atomic E-state index is 0.0319. The molecule has 1 fully saturated rings. The highest BCUT2D eigenvalue weighted by atomic mass is 16.6. The van der Waals surface area contributed by atoms with E-state index in [1.807, 2.05) is 32.6 Å². The molecule has 9 heteroatoms. The van der Waals surface area contributed by atoms with Crippen molar-refractivity contribution in [2.75, 3.05) is 41.3 Å². The highest BCUT2D eigenvalue weighted by Gasteiger charge is 2.40. The van der Waals surface area contributed by atoms with E-state index in [-0.39, 0.29) is 30.0 Å². The molecule has 0 spiro atoms. The SMILES string of the molecule is CCC1C(C)C(Nc2cnc(C)cn2)c2cc(N3CCN(C(=O)OC(C)(C)C)CC3)ccc2N1C(C)=O. The van der Waals surface area contributed by atoms with E-state index in [0.29, 0.717) is 26.2 Å². The van der Waals surface area contributed by atoms with E-state index in [1.54, 1.807) is 24.2 Å². The maximum atomic E-state index is 12.8. The normalized spacial score (nSPS) is 21.9. The van der Waals surface area contributed by atoms with Crippen LogP contribution in [0.2, 0.25) is 0 Å². The van der Waals surface area contributed by atoms with Crippen LogP contribution >= 0.6 is 0 Å². The lowest BCUT2D eigenvalue weighted by molar-refractivity contribution is -0.117. The molecule has 3 heterocycles. The van der Waals surface area contributed by atoms with E-state index >= 15 is 0 Å². The van der Waals surface area contributed by atoms with E-state index in [2.05, 4.69) is 52.2 Å². The van der Waals surface area contributed by atoms with Gasteiger partial charge in [-0.15, -0.1) is 0 Å². The number of nitrogens with one attached hydrogen (secondary N) is 1. The summed E-state index contributed by atoms with van der Waals surface area (Å²) >= 11 is 0. The van der Waals surface area contributed by atoms with E-state index in [9.17, 15) is 9.59 Å². The third-order valence-corrected chi connectivity index (χ3v) is 7.21. The molecule has 2 amide bonds. The summed E-state index contributed by atoms with van der Waals surface area (Å²) < 4.78 is 5.55. The van der Waals surface area contributed by atoms with Crippen molar-refractivity contribution in [1.82, 2.24) is 14.9 Å². The van der Waals surface area contributed by atoms with Gasteiger partial charge in [0.1, 0.15) is 11.4 Å². The first kappa shape index (κ1) is 26.7. The molecule has 4 rings (SSSR count). The molecule has 9 nitrogen and oxygen atoms in total. The fourth-order valence-electron chi connectivity index (χ4n) is 5.39. The van der Waals surface area contributed by atoms with Crippen molar-refractivity contribution in [3.05, 3.63) is 41.9 Å². The topological polar surface area (TPSA) is 90.9 Å². The maximum absolute atomic E-state index is 12.8. The Bertz CT molecular complexity index is 1120. The van der Waals surface area contributed by atoms with E-state index in [1.165, 1.54) is 0 Å². The number of carbonyl (C=O) groups is 2. The lowest BCUT2D eigenvalue weighted by atomic mass is 9.80. The number of amides is 2. The standard InChI is InChI=1S/C28H40N6O3/c1-8-23-19(3)26(31-25-17-29-18(2)16-30-25)22-15-21(9-10-24(22)34(23)20(4)35)32-11-13-33(14-12-32)27(36)37-28(5,6)7/h9-10,15-17,19,23,26H,8,11-14H2,1-7H3,(H,30,31). The monoisotopic (exact) mass is 508 g/mol. The Morgan fingerprint density at radius 2 is 1.81 bits per heavy atom. The second kappa shape index (κ2) is 10.6. The van der Waals surface area contributed by atoms with Crippen LogP contribution in [0.4, 0.5) is 22.0 Å². The van der Waals surface area contributed by atoms with Crippen LogP contribution in [0, 0.1) is 12.8 Å². The smallest absolute Gasteiger partial charge is 0.410 e. The first-order chi connectivity index (χ1) is 17.5. The van der Waals surface area contributed by atoms with Crippen molar-refractivity contribution in [3.63, 3.8) is 0 Å². The zero-order valence-corrected chi connectivity index (χ0v) is 23.1. The first-order valence-corrected chi connectivity index (χ1v) is 13.2.